The lowest BCUT2D eigenvalue weighted by atomic mass is 9.71. The van der Waals surface area contributed by atoms with E-state index in [0.717, 1.165) is 6.29 Å². The fourth-order valence-corrected chi connectivity index (χ4v) is 1.44. The van der Waals surface area contributed by atoms with E-state index in [9.17, 15) is 9.90 Å². The summed E-state index contributed by atoms with van der Waals surface area (Å²) in [6.45, 7) is 9.14. The van der Waals surface area contributed by atoms with Crippen LogP contribution in [0.25, 0.3) is 0 Å². The van der Waals surface area contributed by atoms with Gasteiger partial charge in [-0.3, -0.25) is 0 Å². The highest BCUT2D eigenvalue weighted by molar-refractivity contribution is 6.23. The molecule has 1 atom stereocenters. The molecule has 0 spiro atoms. The van der Waals surface area contributed by atoms with E-state index in [-0.39, 0.29) is 6.42 Å². The summed E-state index contributed by atoms with van der Waals surface area (Å²) in [7, 11) is 0. The molecule has 0 aliphatic heterocycles. The van der Waals surface area contributed by atoms with Crippen LogP contribution in [0.5, 0.6) is 0 Å². The van der Waals surface area contributed by atoms with Gasteiger partial charge in [0.15, 0.2) is 0 Å². The topological polar surface area (TPSA) is 37.3 Å². The maximum atomic E-state index is 10.4. The van der Waals surface area contributed by atoms with Crippen molar-refractivity contribution in [2.24, 2.45) is 10.8 Å². The standard InChI is InChI=1S/C10H19ClO2/c1-8(2,3)10(11,13)9(4,5)6-7-12/h7,13H,6H2,1-5H3/t10-/m0/s1. The zero-order valence-electron chi connectivity index (χ0n) is 9.02. The summed E-state index contributed by atoms with van der Waals surface area (Å²) >= 11 is 6.08. The van der Waals surface area contributed by atoms with E-state index < -0.39 is 15.9 Å². The van der Waals surface area contributed by atoms with Gasteiger partial charge in [-0.05, 0) is 0 Å². The van der Waals surface area contributed by atoms with Gasteiger partial charge in [0.05, 0.1) is 0 Å². The van der Waals surface area contributed by atoms with Crippen molar-refractivity contribution >= 4 is 17.9 Å². The van der Waals surface area contributed by atoms with Gasteiger partial charge in [-0.25, -0.2) is 0 Å². The van der Waals surface area contributed by atoms with Crippen molar-refractivity contribution < 1.29 is 9.90 Å². The van der Waals surface area contributed by atoms with Crippen LogP contribution in [0.15, 0.2) is 0 Å². The number of aldehydes is 1. The molecule has 2 nitrogen and oxygen atoms in total. The van der Waals surface area contributed by atoms with Crippen LogP contribution < -0.4 is 0 Å². The Bertz CT molecular complexity index is 190. The van der Waals surface area contributed by atoms with Crippen molar-refractivity contribution in [3.05, 3.63) is 0 Å². The third-order valence-electron chi connectivity index (χ3n) is 2.48. The highest BCUT2D eigenvalue weighted by atomic mass is 35.5. The van der Waals surface area contributed by atoms with E-state index >= 15 is 0 Å². The highest BCUT2D eigenvalue weighted by Gasteiger charge is 2.50. The number of rotatable bonds is 3. The Kier molecular flexibility index (Phi) is 3.56. The molecule has 3 heteroatoms. The smallest absolute Gasteiger partial charge is 0.148 e. The van der Waals surface area contributed by atoms with Crippen LogP contribution in [0.2, 0.25) is 0 Å². The first-order valence-electron chi connectivity index (χ1n) is 4.41. The van der Waals surface area contributed by atoms with Gasteiger partial charge in [0, 0.05) is 17.3 Å². The van der Waals surface area contributed by atoms with Gasteiger partial charge in [0.25, 0.3) is 0 Å². The second-order valence-corrected chi connectivity index (χ2v) is 5.67. The molecule has 0 unspecified atom stereocenters. The zero-order chi connectivity index (χ0) is 10.9. The van der Waals surface area contributed by atoms with Crippen molar-refractivity contribution in [2.75, 3.05) is 0 Å². The lowest BCUT2D eigenvalue weighted by Crippen LogP contribution is -2.49. The first kappa shape index (κ1) is 12.9. The molecule has 0 bridgehead atoms. The fourth-order valence-electron chi connectivity index (χ4n) is 1.36. The molecule has 0 aromatic heterocycles. The molecule has 0 fully saturated rings. The van der Waals surface area contributed by atoms with Crippen molar-refractivity contribution in [2.45, 2.75) is 46.1 Å². The van der Waals surface area contributed by atoms with Gasteiger partial charge < -0.3 is 9.90 Å². The zero-order valence-corrected chi connectivity index (χ0v) is 9.77. The van der Waals surface area contributed by atoms with Crippen LogP contribution >= 0.6 is 11.6 Å². The highest BCUT2D eigenvalue weighted by Crippen LogP contribution is 2.48. The van der Waals surface area contributed by atoms with E-state index in [0.29, 0.717) is 0 Å². The summed E-state index contributed by atoms with van der Waals surface area (Å²) in [5, 5.41) is 8.74. The van der Waals surface area contributed by atoms with Gasteiger partial charge in [-0.15, -0.1) is 0 Å². The average molecular weight is 207 g/mol. The Labute approximate surface area is 85.3 Å². The first-order chi connectivity index (χ1) is 5.56. The molecule has 13 heavy (non-hydrogen) atoms. The number of hydrogen-bond acceptors (Lipinski definition) is 2. The predicted molar refractivity (Wildman–Crippen MR) is 54.7 cm³/mol. The van der Waals surface area contributed by atoms with E-state index in [4.69, 9.17) is 11.6 Å². The molecule has 0 heterocycles. The summed E-state index contributed by atoms with van der Waals surface area (Å²) in [5.41, 5.74) is -1.07. The number of carbonyl (C=O) groups excluding carboxylic acids is 1. The minimum absolute atomic E-state index is 0.254. The molecular formula is C10H19ClO2. The molecule has 78 valence electrons. The minimum atomic E-state index is -1.37. The number of alkyl halides is 1. The van der Waals surface area contributed by atoms with Crippen LogP contribution in [0.1, 0.15) is 41.0 Å². The van der Waals surface area contributed by atoms with E-state index in [1.54, 1.807) is 13.8 Å². The van der Waals surface area contributed by atoms with Gasteiger partial charge >= 0.3 is 0 Å². The number of halogens is 1. The maximum absolute atomic E-state index is 10.4. The molecule has 0 aromatic carbocycles. The second kappa shape index (κ2) is 3.58. The molecule has 1 N–H and O–H groups in total. The minimum Gasteiger partial charge on any atom is -0.374 e. The van der Waals surface area contributed by atoms with Crippen LogP contribution in [0.4, 0.5) is 0 Å². The van der Waals surface area contributed by atoms with Crippen molar-refractivity contribution in [1.29, 1.82) is 0 Å². The fraction of sp³-hybridized carbons (Fsp3) is 0.900. The first-order valence-corrected chi connectivity index (χ1v) is 4.79. The molecule has 0 saturated carbocycles. The summed E-state index contributed by atoms with van der Waals surface area (Å²) in [5.74, 6) is 0. The SMILES string of the molecule is CC(C)(C)[C@@](O)(Cl)C(C)(C)CC=O. The van der Waals surface area contributed by atoms with Gasteiger partial charge in [0.2, 0.25) is 0 Å². The molecule has 0 rings (SSSR count). The Morgan fingerprint density at radius 3 is 1.85 bits per heavy atom. The maximum Gasteiger partial charge on any atom is 0.148 e. The molecule has 0 aliphatic carbocycles. The predicted octanol–water partition coefficient (Wildman–Crippen LogP) is 2.58. The Balaban J connectivity index is 4.91. The second-order valence-electron chi connectivity index (χ2n) is 5.13. The Hall–Kier alpha value is -0.0800. The summed E-state index contributed by atoms with van der Waals surface area (Å²) in [4.78, 5) is 10.4. The van der Waals surface area contributed by atoms with Crippen LogP contribution in [0, 0.1) is 10.8 Å². The largest absolute Gasteiger partial charge is 0.374 e. The molecule has 0 aromatic rings. The van der Waals surface area contributed by atoms with E-state index in [1.165, 1.54) is 0 Å². The quantitative estimate of drug-likeness (QED) is 0.569. The molecule has 0 aliphatic rings. The summed E-state index contributed by atoms with van der Waals surface area (Å²) < 4.78 is 0. The molecule has 0 saturated heterocycles. The Morgan fingerprint density at radius 2 is 1.62 bits per heavy atom. The third kappa shape index (κ3) is 2.44. The van der Waals surface area contributed by atoms with Crippen molar-refractivity contribution in [3.8, 4) is 0 Å². The average Bonchev–Trinajstić information content (AvgIpc) is 1.84. The van der Waals surface area contributed by atoms with Crippen molar-refractivity contribution in [3.63, 3.8) is 0 Å². The number of carbonyl (C=O) groups is 1. The molecule has 0 amide bonds. The van der Waals surface area contributed by atoms with Gasteiger partial charge in [0.1, 0.15) is 11.3 Å². The molecule has 0 radical (unpaired) electrons. The summed E-state index contributed by atoms with van der Waals surface area (Å²) in [6.07, 6.45) is 1.04. The molecular weight excluding hydrogens is 188 g/mol. The lowest BCUT2D eigenvalue weighted by Gasteiger charge is -2.45. The van der Waals surface area contributed by atoms with Crippen LogP contribution in [0.3, 0.4) is 0 Å². The van der Waals surface area contributed by atoms with Crippen LogP contribution in [-0.4, -0.2) is 16.5 Å². The van der Waals surface area contributed by atoms with E-state index in [1.807, 2.05) is 20.8 Å². The summed E-state index contributed by atoms with van der Waals surface area (Å²) in [6, 6.07) is 0. The normalized spacial score (nSPS) is 18.1. The number of hydrogen-bond donors (Lipinski definition) is 1. The van der Waals surface area contributed by atoms with Gasteiger partial charge in [-0.1, -0.05) is 46.2 Å². The lowest BCUT2D eigenvalue weighted by molar-refractivity contribution is -0.117. The Morgan fingerprint density at radius 1 is 1.23 bits per heavy atom. The van der Waals surface area contributed by atoms with Gasteiger partial charge in [-0.2, -0.15) is 0 Å². The monoisotopic (exact) mass is 206 g/mol. The third-order valence-corrected chi connectivity index (χ3v) is 3.56. The van der Waals surface area contributed by atoms with Crippen LogP contribution in [-0.2, 0) is 4.79 Å². The van der Waals surface area contributed by atoms with Crippen molar-refractivity contribution in [1.82, 2.24) is 0 Å². The number of aliphatic hydroxyl groups is 1. The van der Waals surface area contributed by atoms with E-state index in [2.05, 4.69) is 0 Å².